The lowest BCUT2D eigenvalue weighted by Gasteiger charge is -2.21. The van der Waals surface area contributed by atoms with E-state index in [0.29, 0.717) is 17.4 Å². The van der Waals surface area contributed by atoms with Crippen molar-refractivity contribution >= 4 is 15.9 Å². The molecule has 0 aliphatic heterocycles. The molecule has 1 aromatic heterocycles. The standard InChI is InChI=1S/C18H21N3O4S/c22-17(16-10-15(16)12-5-2-1-3-6-12)21-26(23,24)14-8-4-7-13(9-14)18-20-19-11-25-18/h4,7-9,11-12,15-16H,1-3,5-6,10H2,(H,21,22)/t15-,16+/m0/s1. The van der Waals surface area contributed by atoms with Gasteiger partial charge in [-0.1, -0.05) is 38.2 Å². The topological polar surface area (TPSA) is 102 Å². The summed E-state index contributed by atoms with van der Waals surface area (Å²) in [7, 11) is -3.92. The molecule has 2 aliphatic rings. The predicted molar refractivity (Wildman–Crippen MR) is 93.2 cm³/mol. The Bertz CT molecular complexity index is 889. The molecule has 2 fully saturated rings. The second kappa shape index (κ2) is 6.83. The fourth-order valence-corrected chi connectivity index (χ4v) is 5.04. The highest BCUT2D eigenvalue weighted by molar-refractivity contribution is 7.90. The molecular weight excluding hydrogens is 354 g/mol. The molecule has 4 rings (SSSR count). The van der Waals surface area contributed by atoms with Crippen LogP contribution in [0, 0.1) is 17.8 Å². The van der Waals surface area contributed by atoms with E-state index in [-0.39, 0.29) is 22.6 Å². The highest BCUT2D eigenvalue weighted by Gasteiger charge is 2.48. The van der Waals surface area contributed by atoms with Crippen molar-refractivity contribution in [3.63, 3.8) is 0 Å². The number of rotatable bonds is 5. The third-order valence-corrected chi connectivity index (χ3v) is 6.76. The van der Waals surface area contributed by atoms with Gasteiger partial charge in [-0.05, 0) is 36.5 Å². The number of hydrogen-bond donors (Lipinski definition) is 1. The largest absolute Gasteiger partial charge is 0.423 e. The third kappa shape index (κ3) is 3.51. The zero-order chi connectivity index (χ0) is 18.1. The molecule has 0 bridgehead atoms. The Morgan fingerprint density at radius 1 is 1.19 bits per heavy atom. The van der Waals surface area contributed by atoms with E-state index in [1.807, 2.05) is 0 Å². The van der Waals surface area contributed by atoms with Crippen LogP contribution in [0.15, 0.2) is 40.0 Å². The third-order valence-electron chi connectivity index (χ3n) is 5.42. The summed E-state index contributed by atoms with van der Waals surface area (Å²) in [4.78, 5) is 12.4. The first-order chi connectivity index (χ1) is 12.5. The van der Waals surface area contributed by atoms with Gasteiger partial charge >= 0.3 is 0 Å². The number of carbonyl (C=O) groups is 1. The summed E-state index contributed by atoms with van der Waals surface area (Å²) in [5.41, 5.74) is 0.490. The maximum Gasteiger partial charge on any atom is 0.264 e. The molecule has 2 aliphatic carbocycles. The van der Waals surface area contributed by atoms with E-state index in [2.05, 4.69) is 14.9 Å². The molecule has 1 aromatic carbocycles. The Morgan fingerprint density at radius 2 is 2.00 bits per heavy atom. The van der Waals surface area contributed by atoms with Crippen molar-refractivity contribution < 1.29 is 17.6 Å². The summed E-state index contributed by atoms with van der Waals surface area (Å²) in [5, 5.41) is 7.36. The van der Waals surface area contributed by atoms with Gasteiger partial charge in [0.25, 0.3) is 10.0 Å². The van der Waals surface area contributed by atoms with Crippen molar-refractivity contribution in [3.05, 3.63) is 30.7 Å². The van der Waals surface area contributed by atoms with Gasteiger partial charge in [0.2, 0.25) is 18.2 Å². The number of amides is 1. The summed E-state index contributed by atoms with van der Waals surface area (Å²) in [6.45, 7) is 0. The van der Waals surface area contributed by atoms with Crippen LogP contribution in [0.5, 0.6) is 0 Å². The molecule has 2 saturated carbocycles. The number of aromatic nitrogens is 2. The first kappa shape index (κ1) is 17.2. The number of carbonyl (C=O) groups excluding carboxylic acids is 1. The van der Waals surface area contributed by atoms with Crippen LogP contribution in [-0.4, -0.2) is 24.5 Å². The van der Waals surface area contributed by atoms with E-state index in [1.54, 1.807) is 12.1 Å². The fourth-order valence-electron chi connectivity index (χ4n) is 3.96. The highest BCUT2D eigenvalue weighted by atomic mass is 32.2. The number of nitrogens with one attached hydrogen (secondary N) is 1. The molecule has 1 N–H and O–H groups in total. The summed E-state index contributed by atoms with van der Waals surface area (Å²) >= 11 is 0. The molecule has 0 radical (unpaired) electrons. The fraction of sp³-hybridized carbons (Fsp3) is 0.500. The molecule has 1 amide bonds. The van der Waals surface area contributed by atoms with Gasteiger partial charge in [-0.3, -0.25) is 4.79 Å². The summed E-state index contributed by atoms with van der Waals surface area (Å²) < 4.78 is 32.5. The van der Waals surface area contributed by atoms with E-state index in [0.717, 1.165) is 19.3 Å². The summed E-state index contributed by atoms with van der Waals surface area (Å²) in [6.07, 6.45) is 8.00. The van der Waals surface area contributed by atoms with Crippen LogP contribution in [0.25, 0.3) is 11.5 Å². The van der Waals surface area contributed by atoms with E-state index in [9.17, 15) is 13.2 Å². The summed E-state index contributed by atoms with van der Waals surface area (Å²) in [6, 6.07) is 6.13. The van der Waals surface area contributed by atoms with Gasteiger partial charge in [0, 0.05) is 11.5 Å². The lowest BCUT2D eigenvalue weighted by Crippen LogP contribution is -2.32. The Balaban J connectivity index is 1.44. The Hall–Kier alpha value is -2.22. The van der Waals surface area contributed by atoms with Gasteiger partial charge in [0.05, 0.1) is 4.90 Å². The van der Waals surface area contributed by atoms with Gasteiger partial charge < -0.3 is 4.42 Å². The molecule has 0 spiro atoms. The Kier molecular flexibility index (Phi) is 4.52. The van der Waals surface area contributed by atoms with Gasteiger partial charge in [0.1, 0.15) is 0 Å². The second-order valence-electron chi connectivity index (χ2n) is 7.15. The molecule has 26 heavy (non-hydrogen) atoms. The first-order valence-corrected chi connectivity index (χ1v) is 10.5. The smallest absolute Gasteiger partial charge is 0.264 e. The second-order valence-corrected chi connectivity index (χ2v) is 8.83. The molecule has 8 heteroatoms. The number of benzene rings is 1. The van der Waals surface area contributed by atoms with Crippen molar-refractivity contribution in [1.29, 1.82) is 0 Å². The van der Waals surface area contributed by atoms with Gasteiger partial charge in [0.15, 0.2) is 0 Å². The van der Waals surface area contributed by atoms with E-state index in [4.69, 9.17) is 4.42 Å². The van der Waals surface area contributed by atoms with Crippen molar-refractivity contribution in [3.8, 4) is 11.5 Å². The molecule has 2 aromatic rings. The van der Waals surface area contributed by atoms with E-state index >= 15 is 0 Å². The minimum atomic E-state index is -3.92. The van der Waals surface area contributed by atoms with Crippen molar-refractivity contribution in [2.75, 3.05) is 0 Å². The monoisotopic (exact) mass is 375 g/mol. The van der Waals surface area contributed by atoms with Gasteiger partial charge in [-0.2, -0.15) is 0 Å². The normalized spacial score (nSPS) is 23.5. The van der Waals surface area contributed by atoms with Crippen LogP contribution in [0.3, 0.4) is 0 Å². The zero-order valence-corrected chi connectivity index (χ0v) is 15.1. The quantitative estimate of drug-likeness (QED) is 0.862. The number of sulfonamides is 1. The maximum atomic E-state index is 12.6. The van der Waals surface area contributed by atoms with Gasteiger partial charge in [-0.25, -0.2) is 13.1 Å². The molecular formula is C18H21N3O4S. The molecule has 0 saturated heterocycles. The SMILES string of the molecule is O=C(NS(=O)(=O)c1cccc(-c2nnco2)c1)[C@@H]1C[C@H]1C1CCCCC1. The molecule has 2 atom stereocenters. The van der Waals surface area contributed by atoms with Crippen LogP contribution < -0.4 is 4.72 Å². The van der Waals surface area contributed by atoms with E-state index in [1.165, 1.54) is 37.8 Å². The first-order valence-electron chi connectivity index (χ1n) is 8.98. The Morgan fingerprint density at radius 3 is 2.73 bits per heavy atom. The molecule has 7 nitrogen and oxygen atoms in total. The van der Waals surface area contributed by atoms with Gasteiger partial charge in [-0.15, -0.1) is 10.2 Å². The molecule has 1 heterocycles. The maximum absolute atomic E-state index is 12.6. The average Bonchev–Trinajstić information content (AvgIpc) is 3.28. The molecule has 0 unspecified atom stereocenters. The highest BCUT2D eigenvalue weighted by Crippen LogP contribution is 2.49. The lowest BCUT2D eigenvalue weighted by molar-refractivity contribution is -0.121. The van der Waals surface area contributed by atoms with Crippen LogP contribution in [0.1, 0.15) is 38.5 Å². The summed E-state index contributed by atoms with van der Waals surface area (Å²) in [5.74, 6) is 0.585. The van der Waals surface area contributed by atoms with Crippen molar-refractivity contribution in [2.45, 2.75) is 43.4 Å². The molecule has 138 valence electrons. The average molecular weight is 375 g/mol. The Labute approximate surface area is 152 Å². The van der Waals surface area contributed by atoms with Crippen LogP contribution >= 0.6 is 0 Å². The van der Waals surface area contributed by atoms with Crippen molar-refractivity contribution in [2.24, 2.45) is 17.8 Å². The number of hydrogen-bond acceptors (Lipinski definition) is 6. The van der Waals surface area contributed by atoms with Crippen LogP contribution in [-0.2, 0) is 14.8 Å². The van der Waals surface area contributed by atoms with Crippen LogP contribution in [0.4, 0.5) is 0 Å². The zero-order valence-electron chi connectivity index (χ0n) is 14.3. The van der Waals surface area contributed by atoms with Crippen LogP contribution in [0.2, 0.25) is 0 Å². The minimum Gasteiger partial charge on any atom is -0.423 e. The van der Waals surface area contributed by atoms with Crippen molar-refractivity contribution in [1.82, 2.24) is 14.9 Å². The minimum absolute atomic E-state index is 0.0106. The predicted octanol–water partition coefficient (Wildman–Crippen LogP) is 2.76. The number of nitrogens with zero attached hydrogens (tertiary/aromatic N) is 2. The van der Waals surface area contributed by atoms with E-state index < -0.39 is 10.0 Å². The lowest BCUT2D eigenvalue weighted by atomic mass is 9.85.